The highest BCUT2D eigenvalue weighted by Gasteiger charge is 2.21. The highest BCUT2D eigenvalue weighted by Crippen LogP contribution is 2.26. The lowest BCUT2D eigenvalue weighted by Crippen LogP contribution is -2.27. The number of thiazole rings is 1. The van der Waals surface area contributed by atoms with Crippen LogP contribution in [0.1, 0.15) is 17.1 Å². The van der Waals surface area contributed by atoms with Crippen molar-refractivity contribution in [1.82, 2.24) is 19.9 Å². The van der Waals surface area contributed by atoms with E-state index < -0.39 is 10.0 Å². The summed E-state index contributed by atoms with van der Waals surface area (Å²) < 4.78 is 32.6. The maximum absolute atomic E-state index is 12.4. The van der Waals surface area contributed by atoms with E-state index in [4.69, 9.17) is 4.74 Å². The molecule has 3 rings (SSSR count). The normalized spacial score (nSPS) is 11.7. The van der Waals surface area contributed by atoms with E-state index in [1.165, 1.54) is 11.3 Å². The van der Waals surface area contributed by atoms with Crippen molar-refractivity contribution in [3.63, 3.8) is 0 Å². The lowest BCUT2D eigenvalue weighted by atomic mass is 10.2. The molecule has 0 saturated heterocycles. The number of nitrogens with zero attached hydrogens (tertiary/aromatic N) is 2. The predicted molar refractivity (Wildman–Crippen MR) is 101 cm³/mol. The van der Waals surface area contributed by atoms with E-state index in [1.807, 2.05) is 29.6 Å². The molecule has 0 fully saturated rings. The zero-order chi connectivity index (χ0) is 18.7. The van der Waals surface area contributed by atoms with Gasteiger partial charge in [-0.05, 0) is 38.1 Å². The minimum Gasteiger partial charge on any atom is -0.497 e. The van der Waals surface area contributed by atoms with Crippen LogP contribution in [-0.2, 0) is 16.4 Å². The molecule has 0 aliphatic heterocycles. The van der Waals surface area contributed by atoms with E-state index in [2.05, 4.69) is 19.9 Å². The summed E-state index contributed by atoms with van der Waals surface area (Å²) in [5.74, 6) is 0.796. The number of hydrogen-bond donors (Lipinski definition) is 2. The van der Waals surface area contributed by atoms with Gasteiger partial charge < -0.3 is 4.74 Å². The second kappa shape index (κ2) is 7.56. The first-order valence-corrected chi connectivity index (χ1v) is 10.4. The molecule has 1 aromatic carbocycles. The molecule has 0 bridgehead atoms. The molecule has 0 saturated carbocycles. The largest absolute Gasteiger partial charge is 0.497 e. The lowest BCUT2D eigenvalue weighted by Gasteiger charge is -2.06. The fourth-order valence-corrected chi connectivity index (χ4v) is 4.87. The van der Waals surface area contributed by atoms with Crippen LogP contribution in [0.5, 0.6) is 5.75 Å². The summed E-state index contributed by atoms with van der Waals surface area (Å²) in [4.78, 5) is 4.80. The van der Waals surface area contributed by atoms with Gasteiger partial charge in [-0.2, -0.15) is 5.10 Å². The van der Waals surface area contributed by atoms with E-state index in [-0.39, 0.29) is 11.4 Å². The number of aryl methyl sites for hydroxylation is 2. The summed E-state index contributed by atoms with van der Waals surface area (Å²) in [6.45, 7) is 3.63. The number of ether oxygens (including phenoxy) is 1. The Hall–Kier alpha value is -2.23. The van der Waals surface area contributed by atoms with Gasteiger partial charge in [0.05, 0.1) is 24.2 Å². The van der Waals surface area contributed by atoms with Gasteiger partial charge in [0.25, 0.3) is 0 Å². The summed E-state index contributed by atoms with van der Waals surface area (Å²) in [6, 6.07) is 7.68. The first kappa shape index (κ1) is 18.6. The summed E-state index contributed by atoms with van der Waals surface area (Å²) in [6.07, 6.45) is 0.516. The van der Waals surface area contributed by atoms with Crippen molar-refractivity contribution in [3.8, 4) is 16.3 Å². The van der Waals surface area contributed by atoms with Gasteiger partial charge in [-0.25, -0.2) is 18.1 Å². The number of rotatable bonds is 7. The van der Waals surface area contributed by atoms with E-state index >= 15 is 0 Å². The summed E-state index contributed by atoms with van der Waals surface area (Å²) in [7, 11) is -1.95. The first-order valence-electron chi connectivity index (χ1n) is 8.01. The number of hydrogen-bond acceptors (Lipinski definition) is 6. The molecule has 2 N–H and O–H groups in total. The molecular weight excluding hydrogens is 372 g/mol. The highest BCUT2D eigenvalue weighted by atomic mass is 32.2. The fraction of sp³-hybridized carbons (Fsp3) is 0.294. The molecule has 7 nitrogen and oxygen atoms in total. The van der Waals surface area contributed by atoms with Gasteiger partial charge in [0.1, 0.15) is 15.7 Å². The van der Waals surface area contributed by atoms with Crippen molar-refractivity contribution in [3.05, 3.63) is 46.7 Å². The Morgan fingerprint density at radius 2 is 1.96 bits per heavy atom. The zero-order valence-corrected chi connectivity index (χ0v) is 16.4. The summed E-state index contributed by atoms with van der Waals surface area (Å²) >= 11 is 1.53. The molecule has 138 valence electrons. The topological polar surface area (TPSA) is 97.0 Å². The van der Waals surface area contributed by atoms with E-state index in [1.54, 1.807) is 21.0 Å². The van der Waals surface area contributed by atoms with Crippen LogP contribution in [0, 0.1) is 13.8 Å². The Morgan fingerprint density at radius 3 is 2.58 bits per heavy atom. The molecule has 0 aliphatic rings. The summed E-state index contributed by atoms with van der Waals surface area (Å²) in [5.41, 5.74) is 2.85. The van der Waals surface area contributed by atoms with Gasteiger partial charge >= 0.3 is 0 Å². The first-order chi connectivity index (χ1) is 12.4. The Kier molecular flexibility index (Phi) is 5.40. The third-order valence-corrected chi connectivity index (χ3v) is 6.55. The molecule has 2 aromatic heterocycles. The van der Waals surface area contributed by atoms with Crippen molar-refractivity contribution >= 4 is 21.4 Å². The third-order valence-electron chi connectivity index (χ3n) is 3.89. The minimum atomic E-state index is -3.58. The van der Waals surface area contributed by atoms with Gasteiger partial charge in [0.15, 0.2) is 0 Å². The molecule has 26 heavy (non-hydrogen) atoms. The fourth-order valence-electron chi connectivity index (χ4n) is 2.61. The number of methoxy groups -OCH3 is 1. The van der Waals surface area contributed by atoms with Crippen LogP contribution in [0.25, 0.3) is 10.6 Å². The zero-order valence-electron chi connectivity index (χ0n) is 14.7. The Bertz CT molecular complexity index is 972. The molecule has 0 unspecified atom stereocenters. The van der Waals surface area contributed by atoms with Crippen molar-refractivity contribution in [1.29, 1.82) is 0 Å². The van der Waals surface area contributed by atoms with Gasteiger partial charge in [-0.15, -0.1) is 11.3 Å². The molecular formula is C17H20N4O3S2. The van der Waals surface area contributed by atoms with Crippen molar-refractivity contribution in [2.24, 2.45) is 0 Å². The standard InChI is InChI=1S/C17H20N4O3S2/c1-11-16(12(2)21-20-11)26(22,23)18-9-8-14-10-25-17(19-14)13-4-6-15(24-3)7-5-13/h4-7,10,18H,8-9H2,1-3H3,(H,20,21). The molecule has 0 atom stereocenters. The average Bonchev–Trinajstić information content (AvgIpc) is 3.22. The molecule has 0 aliphatic carbocycles. The van der Waals surface area contributed by atoms with Gasteiger partial charge in [0.2, 0.25) is 10.0 Å². The second-order valence-electron chi connectivity index (χ2n) is 5.78. The Balaban J connectivity index is 1.63. The summed E-state index contributed by atoms with van der Waals surface area (Å²) in [5, 5.41) is 9.47. The smallest absolute Gasteiger partial charge is 0.244 e. The van der Waals surface area contributed by atoms with Crippen LogP contribution in [0.15, 0.2) is 34.5 Å². The van der Waals surface area contributed by atoms with Crippen molar-refractivity contribution in [2.45, 2.75) is 25.2 Å². The number of sulfonamides is 1. The molecule has 0 spiro atoms. The number of aromatic nitrogens is 3. The second-order valence-corrected chi connectivity index (χ2v) is 8.35. The monoisotopic (exact) mass is 392 g/mol. The number of H-pyrrole nitrogens is 1. The third kappa shape index (κ3) is 3.95. The SMILES string of the molecule is COc1ccc(-c2nc(CCNS(=O)(=O)c3c(C)n[nH]c3C)cs2)cc1. The van der Waals surface area contributed by atoms with Crippen LogP contribution in [0.4, 0.5) is 0 Å². The van der Waals surface area contributed by atoms with Crippen molar-refractivity contribution in [2.75, 3.05) is 13.7 Å². The van der Waals surface area contributed by atoms with Crippen LogP contribution in [0.2, 0.25) is 0 Å². The average molecular weight is 393 g/mol. The maximum Gasteiger partial charge on any atom is 0.244 e. The predicted octanol–water partition coefficient (Wildman–Crippen LogP) is 2.68. The molecule has 9 heteroatoms. The molecule has 2 heterocycles. The van der Waals surface area contributed by atoms with Crippen molar-refractivity contribution < 1.29 is 13.2 Å². The number of nitrogens with one attached hydrogen (secondary N) is 2. The van der Waals surface area contributed by atoms with Crippen LogP contribution < -0.4 is 9.46 Å². The van der Waals surface area contributed by atoms with E-state index in [0.29, 0.717) is 17.8 Å². The van der Waals surface area contributed by atoms with Gasteiger partial charge in [-0.1, -0.05) is 0 Å². The minimum absolute atomic E-state index is 0.217. The number of aromatic amines is 1. The molecule has 0 amide bonds. The maximum atomic E-state index is 12.4. The van der Waals surface area contributed by atoms with E-state index in [0.717, 1.165) is 22.0 Å². The van der Waals surface area contributed by atoms with Crippen LogP contribution in [-0.4, -0.2) is 37.3 Å². The van der Waals surface area contributed by atoms with E-state index in [9.17, 15) is 8.42 Å². The highest BCUT2D eigenvalue weighted by molar-refractivity contribution is 7.89. The molecule has 0 radical (unpaired) electrons. The van der Waals surface area contributed by atoms with Crippen LogP contribution in [0.3, 0.4) is 0 Å². The Morgan fingerprint density at radius 1 is 1.23 bits per heavy atom. The lowest BCUT2D eigenvalue weighted by molar-refractivity contribution is 0.415. The van der Waals surface area contributed by atoms with Crippen LogP contribution >= 0.6 is 11.3 Å². The number of benzene rings is 1. The Labute approximate surface area is 156 Å². The van der Waals surface area contributed by atoms with Gasteiger partial charge in [0, 0.05) is 23.9 Å². The molecule has 3 aromatic rings. The quantitative estimate of drug-likeness (QED) is 0.644. The van der Waals surface area contributed by atoms with Gasteiger partial charge in [-0.3, -0.25) is 5.10 Å².